The summed E-state index contributed by atoms with van der Waals surface area (Å²) in [5.41, 5.74) is 11.8. The van der Waals surface area contributed by atoms with Crippen molar-refractivity contribution in [2.45, 2.75) is 59.8 Å². The molecule has 10 heteroatoms. The van der Waals surface area contributed by atoms with Crippen LogP contribution in [-0.2, 0) is 19.2 Å². The number of nitrogens with two attached hydrogens (primary N) is 3. The van der Waals surface area contributed by atoms with Gasteiger partial charge in [-0.05, 0) is 18.8 Å². The molecule has 9 N–H and O–H groups in total. The SMILES string of the molecule is CC(C)C.CCC(=O)NCCCCCC(N)=O.NNCC(=O)NCC(N)=O. The van der Waals surface area contributed by atoms with E-state index < -0.39 is 5.91 Å². The minimum atomic E-state index is -0.578. The van der Waals surface area contributed by atoms with E-state index in [9.17, 15) is 19.2 Å². The van der Waals surface area contributed by atoms with Gasteiger partial charge in [0, 0.05) is 19.4 Å². The fourth-order valence-electron chi connectivity index (χ4n) is 1.29. The number of hydrazine groups is 1. The number of unbranched alkanes of at least 4 members (excludes halogenated alkanes) is 2. The number of nitrogens with one attached hydrogen (secondary N) is 3. The molecule has 0 bridgehead atoms. The Labute approximate surface area is 162 Å². The molecule has 0 saturated heterocycles. The van der Waals surface area contributed by atoms with E-state index in [4.69, 9.17) is 17.3 Å². The average Bonchev–Trinajstić information content (AvgIpc) is 2.56. The van der Waals surface area contributed by atoms with Crippen molar-refractivity contribution in [3.05, 3.63) is 0 Å². The molecule has 0 spiro atoms. The number of primary amides is 2. The number of rotatable bonds is 11. The first-order chi connectivity index (χ1) is 12.6. The largest absolute Gasteiger partial charge is 0.370 e. The highest BCUT2D eigenvalue weighted by Crippen LogP contribution is 1.97. The molecule has 0 aromatic heterocycles. The molecular weight excluding hydrogens is 352 g/mol. The van der Waals surface area contributed by atoms with Crippen molar-refractivity contribution in [3.8, 4) is 0 Å². The van der Waals surface area contributed by atoms with E-state index in [1.807, 2.05) is 6.92 Å². The predicted octanol–water partition coefficient (Wildman–Crippen LogP) is -0.728. The fraction of sp³-hybridized carbons (Fsp3) is 0.765. The molecule has 4 amide bonds. The van der Waals surface area contributed by atoms with Crippen LogP contribution in [0.1, 0.15) is 59.8 Å². The van der Waals surface area contributed by atoms with Gasteiger partial charge in [0.15, 0.2) is 0 Å². The van der Waals surface area contributed by atoms with Crippen molar-refractivity contribution in [1.82, 2.24) is 16.1 Å². The average molecular weight is 391 g/mol. The third-order valence-electron chi connectivity index (χ3n) is 2.47. The molecule has 0 aliphatic rings. The molecule has 0 radical (unpaired) electrons. The summed E-state index contributed by atoms with van der Waals surface area (Å²) in [7, 11) is 0. The van der Waals surface area contributed by atoms with Gasteiger partial charge >= 0.3 is 0 Å². The number of amides is 4. The molecule has 0 rings (SSSR count). The first kappa shape index (κ1) is 29.6. The number of carbonyl (C=O) groups is 4. The molecular formula is C17H38N6O4. The van der Waals surface area contributed by atoms with Crippen molar-refractivity contribution in [2.75, 3.05) is 19.6 Å². The lowest BCUT2D eigenvalue weighted by molar-refractivity contribution is -0.124. The zero-order valence-electron chi connectivity index (χ0n) is 17.1. The molecule has 0 atom stereocenters. The smallest absolute Gasteiger partial charge is 0.236 e. The fourth-order valence-corrected chi connectivity index (χ4v) is 1.29. The summed E-state index contributed by atoms with van der Waals surface area (Å²) in [5.74, 6) is 4.53. The van der Waals surface area contributed by atoms with Gasteiger partial charge in [0.2, 0.25) is 23.6 Å². The van der Waals surface area contributed by atoms with Crippen LogP contribution < -0.4 is 33.4 Å². The van der Waals surface area contributed by atoms with Crippen molar-refractivity contribution in [2.24, 2.45) is 23.2 Å². The van der Waals surface area contributed by atoms with Gasteiger partial charge in [0.1, 0.15) is 0 Å². The van der Waals surface area contributed by atoms with Gasteiger partial charge < -0.3 is 22.1 Å². The Morgan fingerprint density at radius 2 is 1.37 bits per heavy atom. The Bertz CT molecular complexity index is 413. The van der Waals surface area contributed by atoms with Crippen LogP contribution in [0.4, 0.5) is 0 Å². The first-order valence-corrected chi connectivity index (χ1v) is 9.10. The minimum Gasteiger partial charge on any atom is -0.370 e. The number of carbonyl (C=O) groups excluding carboxylic acids is 4. The summed E-state index contributed by atoms with van der Waals surface area (Å²) in [5, 5.41) is 4.99. The lowest BCUT2D eigenvalue weighted by Crippen LogP contribution is -2.40. The van der Waals surface area contributed by atoms with E-state index >= 15 is 0 Å². The highest BCUT2D eigenvalue weighted by Gasteiger charge is 1.99. The van der Waals surface area contributed by atoms with Gasteiger partial charge in [0.25, 0.3) is 0 Å². The van der Waals surface area contributed by atoms with E-state index in [-0.39, 0.29) is 30.8 Å². The molecule has 0 aromatic rings. The molecule has 0 heterocycles. The summed E-state index contributed by atoms with van der Waals surface area (Å²) in [4.78, 5) is 41.7. The number of hydrogen-bond donors (Lipinski definition) is 6. The van der Waals surface area contributed by atoms with Crippen molar-refractivity contribution >= 4 is 23.6 Å². The minimum absolute atomic E-state index is 0.0206. The number of hydrogen-bond acceptors (Lipinski definition) is 6. The monoisotopic (exact) mass is 390 g/mol. The van der Waals surface area contributed by atoms with Gasteiger partial charge in [-0.3, -0.25) is 30.4 Å². The maximum Gasteiger partial charge on any atom is 0.236 e. The third-order valence-corrected chi connectivity index (χ3v) is 2.47. The van der Waals surface area contributed by atoms with Crippen LogP contribution in [0.5, 0.6) is 0 Å². The molecule has 160 valence electrons. The second-order valence-corrected chi connectivity index (χ2v) is 6.34. The summed E-state index contributed by atoms with van der Waals surface area (Å²) in [6.45, 7) is 8.85. The maximum atomic E-state index is 10.8. The first-order valence-electron chi connectivity index (χ1n) is 9.10. The van der Waals surface area contributed by atoms with Crippen LogP contribution in [0, 0.1) is 5.92 Å². The van der Waals surface area contributed by atoms with E-state index in [0.717, 1.165) is 25.2 Å². The molecule has 0 unspecified atom stereocenters. The molecule has 0 fully saturated rings. The van der Waals surface area contributed by atoms with Crippen LogP contribution in [0.15, 0.2) is 0 Å². The summed E-state index contributed by atoms with van der Waals surface area (Å²) >= 11 is 0. The van der Waals surface area contributed by atoms with Crippen LogP contribution in [0.3, 0.4) is 0 Å². The molecule has 0 aliphatic carbocycles. The van der Waals surface area contributed by atoms with Crippen LogP contribution in [0.2, 0.25) is 0 Å². The third kappa shape index (κ3) is 40.1. The summed E-state index contributed by atoms with van der Waals surface area (Å²) in [6.07, 6.45) is 3.65. The Hall–Kier alpha value is -2.20. The Morgan fingerprint density at radius 1 is 0.815 bits per heavy atom. The standard InChI is InChI=1S/C9H18N2O2.C4H10N4O2.C4H10/c1-2-9(13)11-7-5-3-4-6-8(10)12;5-3(9)1-7-4(10)2-8-6;1-4(2)3/h2-7H2,1H3,(H2,10,12)(H,11,13);8H,1-2,6H2,(H2,5,9)(H,7,10);4H,1-3H3. The Kier molecular flexibility index (Phi) is 23.9. The lowest BCUT2D eigenvalue weighted by Gasteiger charge is -2.02. The highest BCUT2D eigenvalue weighted by atomic mass is 16.2. The normalized spacial score (nSPS) is 9.26. The van der Waals surface area contributed by atoms with Crippen LogP contribution in [-0.4, -0.2) is 43.3 Å². The van der Waals surface area contributed by atoms with E-state index in [0.29, 0.717) is 19.4 Å². The Balaban J connectivity index is -0.000000364. The predicted molar refractivity (Wildman–Crippen MR) is 106 cm³/mol. The van der Waals surface area contributed by atoms with Gasteiger partial charge in [-0.1, -0.05) is 34.1 Å². The van der Waals surface area contributed by atoms with Crippen molar-refractivity contribution < 1.29 is 19.2 Å². The maximum absolute atomic E-state index is 10.8. The zero-order valence-corrected chi connectivity index (χ0v) is 17.1. The van der Waals surface area contributed by atoms with Gasteiger partial charge in [-0.25, -0.2) is 0 Å². The highest BCUT2D eigenvalue weighted by molar-refractivity contribution is 5.84. The molecule has 27 heavy (non-hydrogen) atoms. The molecule has 0 saturated carbocycles. The Morgan fingerprint density at radius 3 is 1.78 bits per heavy atom. The van der Waals surface area contributed by atoms with E-state index in [2.05, 4.69) is 36.8 Å². The van der Waals surface area contributed by atoms with E-state index in [1.165, 1.54) is 0 Å². The van der Waals surface area contributed by atoms with Crippen LogP contribution in [0.25, 0.3) is 0 Å². The molecule has 0 aliphatic heterocycles. The lowest BCUT2D eigenvalue weighted by atomic mass is 10.2. The summed E-state index contributed by atoms with van der Waals surface area (Å²) in [6, 6.07) is 0. The second kappa shape index (κ2) is 21.8. The zero-order chi connectivity index (χ0) is 21.7. The van der Waals surface area contributed by atoms with Crippen LogP contribution >= 0.6 is 0 Å². The molecule has 10 nitrogen and oxygen atoms in total. The molecule has 0 aromatic carbocycles. The quantitative estimate of drug-likeness (QED) is 0.153. The summed E-state index contributed by atoms with van der Waals surface area (Å²) < 4.78 is 0. The van der Waals surface area contributed by atoms with Gasteiger partial charge in [-0.15, -0.1) is 0 Å². The van der Waals surface area contributed by atoms with Crippen molar-refractivity contribution in [1.29, 1.82) is 0 Å². The van der Waals surface area contributed by atoms with Gasteiger partial charge in [0.05, 0.1) is 13.1 Å². The topological polar surface area (TPSA) is 182 Å². The van der Waals surface area contributed by atoms with E-state index in [1.54, 1.807) is 0 Å². The second-order valence-electron chi connectivity index (χ2n) is 6.34. The van der Waals surface area contributed by atoms with Gasteiger partial charge in [-0.2, -0.15) is 0 Å². The van der Waals surface area contributed by atoms with Crippen molar-refractivity contribution in [3.63, 3.8) is 0 Å².